The molecule has 2 heterocycles. The summed E-state index contributed by atoms with van der Waals surface area (Å²) in [6, 6.07) is 13.8. The lowest BCUT2D eigenvalue weighted by molar-refractivity contribution is -0.123. The highest BCUT2D eigenvalue weighted by Crippen LogP contribution is 2.26. The van der Waals surface area contributed by atoms with E-state index in [2.05, 4.69) is 22.3 Å². The Bertz CT molecular complexity index is 1010. The van der Waals surface area contributed by atoms with Gasteiger partial charge in [0.25, 0.3) is 5.91 Å². The molecule has 0 aliphatic carbocycles. The predicted molar refractivity (Wildman–Crippen MR) is 109 cm³/mol. The van der Waals surface area contributed by atoms with E-state index in [9.17, 15) is 14.4 Å². The summed E-state index contributed by atoms with van der Waals surface area (Å²) in [6.45, 7) is 3.06. The number of hydrogen-bond donors (Lipinski definition) is 2. The maximum atomic E-state index is 12.6. The Balaban J connectivity index is 1.75. The third-order valence-corrected chi connectivity index (χ3v) is 4.58. The topological polar surface area (TPSA) is 102 Å². The minimum atomic E-state index is -0.746. The van der Waals surface area contributed by atoms with E-state index in [1.165, 1.54) is 22.1 Å². The van der Waals surface area contributed by atoms with Crippen molar-refractivity contribution < 1.29 is 19.1 Å². The van der Waals surface area contributed by atoms with Crippen LogP contribution >= 0.6 is 11.3 Å². The maximum absolute atomic E-state index is 12.6. The Morgan fingerprint density at radius 3 is 2.66 bits per heavy atom. The molecule has 148 valence electrons. The first-order valence-corrected chi connectivity index (χ1v) is 9.51. The fourth-order valence-electron chi connectivity index (χ4n) is 2.41. The third kappa shape index (κ3) is 5.17. The van der Waals surface area contributed by atoms with E-state index in [4.69, 9.17) is 4.74 Å². The van der Waals surface area contributed by atoms with Gasteiger partial charge in [0, 0.05) is 12.6 Å². The molecule has 0 bridgehead atoms. The minimum Gasteiger partial charge on any atom is -0.451 e. The maximum Gasteiger partial charge on any atom is 0.357 e. The summed E-state index contributed by atoms with van der Waals surface area (Å²) in [5, 5.41) is 10.9. The summed E-state index contributed by atoms with van der Waals surface area (Å²) in [7, 11) is 0. The van der Waals surface area contributed by atoms with Crippen LogP contribution in [-0.4, -0.2) is 40.8 Å². The van der Waals surface area contributed by atoms with Crippen molar-refractivity contribution in [2.45, 2.75) is 0 Å². The largest absolute Gasteiger partial charge is 0.451 e. The van der Waals surface area contributed by atoms with E-state index in [-0.39, 0.29) is 12.2 Å². The Morgan fingerprint density at radius 1 is 1.17 bits per heavy atom. The van der Waals surface area contributed by atoms with Crippen molar-refractivity contribution in [3.8, 4) is 16.3 Å². The molecule has 8 nitrogen and oxygen atoms in total. The smallest absolute Gasteiger partial charge is 0.357 e. The SMILES string of the molecule is C=CCNC(=O)NC(=O)COC(=O)c1cc(-c2cccs2)nn1-c1ccccc1. The first-order valence-electron chi connectivity index (χ1n) is 8.63. The number of carbonyl (C=O) groups is 3. The fourth-order valence-corrected chi connectivity index (χ4v) is 3.10. The molecule has 0 spiro atoms. The number of amides is 3. The van der Waals surface area contributed by atoms with Crippen LogP contribution in [0.2, 0.25) is 0 Å². The molecule has 2 N–H and O–H groups in total. The molecule has 1 aromatic carbocycles. The van der Waals surface area contributed by atoms with Crippen LogP contribution in [0.3, 0.4) is 0 Å². The lowest BCUT2D eigenvalue weighted by Gasteiger charge is -2.08. The van der Waals surface area contributed by atoms with Gasteiger partial charge in [-0.1, -0.05) is 30.3 Å². The zero-order valence-electron chi connectivity index (χ0n) is 15.3. The lowest BCUT2D eigenvalue weighted by atomic mass is 10.3. The van der Waals surface area contributed by atoms with Crippen molar-refractivity contribution >= 4 is 29.2 Å². The lowest BCUT2D eigenvalue weighted by Crippen LogP contribution is -2.41. The Labute approximate surface area is 170 Å². The minimum absolute atomic E-state index is 0.170. The van der Waals surface area contributed by atoms with Gasteiger partial charge in [-0.15, -0.1) is 17.9 Å². The van der Waals surface area contributed by atoms with E-state index in [1.54, 1.807) is 18.2 Å². The van der Waals surface area contributed by atoms with Crippen LogP contribution in [-0.2, 0) is 9.53 Å². The molecule has 29 heavy (non-hydrogen) atoms. The van der Waals surface area contributed by atoms with Gasteiger partial charge in [0.2, 0.25) is 0 Å². The highest BCUT2D eigenvalue weighted by atomic mass is 32.1. The molecule has 0 aliphatic heterocycles. The van der Waals surface area contributed by atoms with Crippen LogP contribution in [0.4, 0.5) is 4.79 Å². The van der Waals surface area contributed by atoms with Gasteiger partial charge in [0.15, 0.2) is 12.3 Å². The average molecular weight is 410 g/mol. The molecule has 3 rings (SSSR count). The second kappa shape index (κ2) is 9.47. The number of hydrogen-bond acceptors (Lipinski definition) is 6. The van der Waals surface area contributed by atoms with E-state index in [1.807, 2.05) is 35.7 Å². The molecule has 0 aliphatic rings. The molecular weight excluding hydrogens is 392 g/mol. The number of ether oxygens (including phenoxy) is 1. The summed E-state index contributed by atoms with van der Waals surface area (Å²) in [5.74, 6) is -1.48. The van der Waals surface area contributed by atoms with Crippen molar-refractivity contribution in [1.82, 2.24) is 20.4 Å². The summed E-state index contributed by atoms with van der Waals surface area (Å²) in [4.78, 5) is 36.8. The Morgan fingerprint density at radius 2 is 1.97 bits per heavy atom. The summed E-state index contributed by atoms with van der Waals surface area (Å²) in [6.07, 6.45) is 1.47. The van der Waals surface area contributed by atoms with Crippen LogP contribution in [0.15, 0.2) is 66.6 Å². The molecule has 0 saturated heterocycles. The van der Waals surface area contributed by atoms with Gasteiger partial charge in [-0.3, -0.25) is 10.1 Å². The summed E-state index contributed by atoms with van der Waals surface area (Å²) in [5.41, 5.74) is 1.46. The Kier molecular flexibility index (Phi) is 6.54. The molecule has 0 saturated carbocycles. The molecule has 2 aromatic heterocycles. The van der Waals surface area contributed by atoms with Gasteiger partial charge in [-0.2, -0.15) is 5.10 Å². The van der Waals surface area contributed by atoms with Crippen molar-refractivity contribution in [3.63, 3.8) is 0 Å². The first kappa shape index (κ1) is 20.0. The van der Waals surface area contributed by atoms with Gasteiger partial charge >= 0.3 is 12.0 Å². The molecule has 3 aromatic rings. The predicted octanol–water partition coefficient (Wildman–Crippen LogP) is 2.77. The quantitative estimate of drug-likeness (QED) is 0.461. The van der Waals surface area contributed by atoms with Gasteiger partial charge < -0.3 is 10.1 Å². The van der Waals surface area contributed by atoms with E-state index in [0.717, 1.165) is 4.88 Å². The number of imide groups is 1. The highest BCUT2D eigenvalue weighted by molar-refractivity contribution is 7.13. The van der Waals surface area contributed by atoms with Crippen molar-refractivity contribution in [2.75, 3.05) is 13.2 Å². The normalized spacial score (nSPS) is 10.2. The standard InChI is InChI=1S/C20H18N4O4S/c1-2-10-21-20(27)22-18(25)13-28-19(26)16-12-15(17-9-6-11-29-17)23-24(16)14-7-4-3-5-8-14/h2-9,11-12H,1,10,13H2,(H2,21,22,25,27). The number of carbonyl (C=O) groups excluding carboxylic acids is 3. The van der Waals surface area contributed by atoms with Gasteiger partial charge in [0.05, 0.1) is 10.6 Å². The van der Waals surface area contributed by atoms with Crippen molar-refractivity contribution in [2.24, 2.45) is 0 Å². The molecule has 0 atom stereocenters. The average Bonchev–Trinajstić information content (AvgIpc) is 3.41. The molecule has 9 heteroatoms. The summed E-state index contributed by atoms with van der Waals surface area (Å²) >= 11 is 1.49. The number of para-hydroxylation sites is 1. The van der Waals surface area contributed by atoms with Crippen molar-refractivity contribution in [1.29, 1.82) is 0 Å². The number of urea groups is 1. The van der Waals surface area contributed by atoms with Gasteiger partial charge in [0.1, 0.15) is 5.69 Å². The number of nitrogens with one attached hydrogen (secondary N) is 2. The number of aromatic nitrogens is 2. The Hall–Kier alpha value is -3.72. The first-order chi connectivity index (χ1) is 14.1. The van der Waals surface area contributed by atoms with E-state index >= 15 is 0 Å². The van der Waals surface area contributed by atoms with Crippen LogP contribution in [0.5, 0.6) is 0 Å². The second-order valence-corrected chi connectivity index (χ2v) is 6.71. The molecule has 0 unspecified atom stereocenters. The molecular formula is C20H18N4O4S. The fraction of sp³-hybridized carbons (Fsp3) is 0.100. The number of benzene rings is 1. The van der Waals surface area contributed by atoms with Gasteiger partial charge in [-0.05, 0) is 23.6 Å². The highest BCUT2D eigenvalue weighted by Gasteiger charge is 2.20. The second-order valence-electron chi connectivity index (χ2n) is 5.76. The van der Waals surface area contributed by atoms with Crippen LogP contribution in [0.1, 0.15) is 10.5 Å². The number of esters is 1. The van der Waals surface area contributed by atoms with Gasteiger partial charge in [-0.25, -0.2) is 14.3 Å². The van der Waals surface area contributed by atoms with E-state index in [0.29, 0.717) is 11.4 Å². The zero-order valence-corrected chi connectivity index (χ0v) is 16.1. The molecule has 0 fully saturated rings. The van der Waals surface area contributed by atoms with Crippen LogP contribution in [0, 0.1) is 0 Å². The summed E-state index contributed by atoms with van der Waals surface area (Å²) < 4.78 is 6.54. The number of thiophene rings is 1. The van der Waals surface area contributed by atoms with Crippen LogP contribution in [0.25, 0.3) is 16.3 Å². The van der Waals surface area contributed by atoms with Crippen molar-refractivity contribution in [3.05, 3.63) is 72.3 Å². The molecule has 3 amide bonds. The number of nitrogens with zero attached hydrogens (tertiary/aromatic N) is 2. The zero-order chi connectivity index (χ0) is 20.6. The third-order valence-electron chi connectivity index (χ3n) is 3.69. The monoisotopic (exact) mass is 410 g/mol. The number of rotatable bonds is 7. The van der Waals surface area contributed by atoms with Crippen LogP contribution < -0.4 is 10.6 Å². The van der Waals surface area contributed by atoms with E-state index < -0.39 is 24.5 Å². The molecule has 0 radical (unpaired) electrons.